The minimum absolute atomic E-state index is 0.211. The third-order valence-electron chi connectivity index (χ3n) is 6.82. The molecule has 0 unspecified atom stereocenters. The molecule has 1 spiro atoms. The fraction of sp³-hybridized carbons (Fsp3) is 0.750. The fourth-order valence-electron chi connectivity index (χ4n) is 5.59. The highest BCUT2D eigenvalue weighted by Crippen LogP contribution is 2.60. The molecule has 1 aliphatic heterocycles. The molecule has 3 heteroatoms. The van der Waals surface area contributed by atoms with E-state index in [4.69, 9.17) is 9.47 Å². The predicted octanol–water partition coefficient (Wildman–Crippen LogP) is 3.89. The Kier molecular flexibility index (Phi) is 3.58. The van der Waals surface area contributed by atoms with Crippen LogP contribution in [0.3, 0.4) is 0 Å². The molecular weight excluding hydrogens is 288 g/mol. The quantitative estimate of drug-likeness (QED) is 0.688. The summed E-state index contributed by atoms with van der Waals surface area (Å²) in [4.78, 5) is 13.1. The van der Waals surface area contributed by atoms with Crippen molar-refractivity contribution in [2.45, 2.75) is 52.2 Å². The summed E-state index contributed by atoms with van der Waals surface area (Å²) < 4.78 is 12.1. The molecule has 0 radical (unpaired) electrons. The molecule has 4 aliphatic rings. The highest BCUT2D eigenvalue weighted by atomic mass is 16.7. The van der Waals surface area contributed by atoms with Crippen LogP contribution in [0.15, 0.2) is 23.8 Å². The first kappa shape index (κ1) is 15.6. The number of carbonyl (C=O) groups excluding carboxylic acids is 1. The van der Waals surface area contributed by atoms with E-state index in [1.54, 1.807) is 0 Å². The van der Waals surface area contributed by atoms with Gasteiger partial charge in [-0.15, -0.1) is 0 Å². The number of ether oxygens (including phenoxy) is 2. The van der Waals surface area contributed by atoms with Gasteiger partial charge in [0.2, 0.25) is 0 Å². The van der Waals surface area contributed by atoms with E-state index >= 15 is 0 Å². The van der Waals surface area contributed by atoms with Crippen LogP contribution in [0.1, 0.15) is 46.5 Å². The smallest absolute Gasteiger partial charge is 0.192 e. The molecule has 4 atom stereocenters. The molecule has 3 aliphatic carbocycles. The van der Waals surface area contributed by atoms with Crippen molar-refractivity contribution >= 4 is 5.78 Å². The number of fused-ring (bicyclic) bond motifs is 4. The van der Waals surface area contributed by atoms with Gasteiger partial charge in [0.1, 0.15) is 0 Å². The average Bonchev–Trinajstić information content (AvgIpc) is 3.07. The third-order valence-corrected chi connectivity index (χ3v) is 6.82. The number of ketones is 1. The van der Waals surface area contributed by atoms with Gasteiger partial charge >= 0.3 is 0 Å². The molecule has 0 N–H and O–H groups in total. The Labute approximate surface area is 139 Å². The van der Waals surface area contributed by atoms with E-state index < -0.39 is 5.79 Å². The van der Waals surface area contributed by atoms with Gasteiger partial charge in [-0.05, 0) is 48.7 Å². The van der Waals surface area contributed by atoms with Crippen molar-refractivity contribution in [1.29, 1.82) is 0 Å². The van der Waals surface area contributed by atoms with Crippen LogP contribution < -0.4 is 0 Å². The van der Waals surface area contributed by atoms with Crippen LogP contribution in [0, 0.1) is 29.1 Å². The molecule has 4 rings (SSSR count). The van der Waals surface area contributed by atoms with Crippen molar-refractivity contribution in [2.24, 2.45) is 29.1 Å². The monoisotopic (exact) mass is 316 g/mol. The zero-order valence-electron chi connectivity index (χ0n) is 14.5. The van der Waals surface area contributed by atoms with Gasteiger partial charge in [-0.1, -0.05) is 32.9 Å². The first-order chi connectivity index (χ1) is 11.0. The van der Waals surface area contributed by atoms with Crippen molar-refractivity contribution in [3.05, 3.63) is 23.8 Å². The Balaban J connectivity index is 1.83. The maximum atomic E-state index is 13.1. The molecule has 0 bridgehead atoms. The van der Waals surface area contributed by atoms with Crippen LogP contribution in [0.4, 0.5) is 0 Å². The molecule has 0 aromatic carbocycles. The van der Waals surface area contributed by atoms with E-state index in [9.17, 15) is 4.79 Å². The number of hydrogen-bond acceptors (Lipinski definition) is 3. The van der Waals surface area contributed by atoms with E-state index in [0.29, 0.717) is 36.8 Å². The van der Waals surface area contributed by atoms with Crippen LogP contribution >= 0.6 is 0 Å². The second-order valence-corrected chi connectivity index (χ2v) is 8.30. The summed E-state index contributed by atoms with van der Waals surface area (Å²) in [6.45, 7) is 8.06. The van der Waals surface area contributed by atoms with E-state index in [1.807, 2.05) is 6.08 Å². The highest BCUT2D eigenvalue weighted by molar-refractivity contribution is 5.97. The third kappa shape index (κ3) is 2.12. The molecule has 0 amide bonds. The average molecular weight is 316 g/mol. The minimum Gasteiger partial charge on any atom is -0.344 e. The van der Waals surface area contributed by atoms with E-state index in [-0.39, 0.29) is 11.3 Å². The van der Waals surface area contributed by atoms with Crippen molar-refractivity contribution in [3.63, 3.8) is 0 Å². The summed E-state index contributed by atoms with van der Waals surface area (Å²) in [6.07, 6.45) is 10.5. The molecule has 1 saturated heterocycles. The summed E-state index contributed by atoms with van der Waals surface area (Å²) in [7, 11) is 0. The lowest BCUT2D eigenvalue weighted by atomic mass is 9.59. The maximum Gasteiger partial charge on any atom is 0.192 e. The molecule has 0 aromatic heterocycles. The topological polar surface area (TPSA) is 35.5 Å². The van der Waals surface area contributed by atoms with Gasteiger partial charge in [-0.3, -0.25) is 4.79 Å². The Morgan fingerprint density at radius 2 is 1.96 bits per heavy atom. The number of rotatable bonds is 1. The fourth-order valence-corrected chi connectivity index (χ4v) is 5.59. The van der Waals surface area contributed by atoms with Gasteiger partial charge in [-0.25, -0.2) is 0 Å². The maximum absolute atomic E-state index is 13.1. The second-order valence-electron chi connectivity index (χ2n) is 8.30. The van der Waals surface area contributed by atoms with Gasteiger partial charge in [-0.2, -0.15) is 0 Å². The number of hydrogen-bond donors (Lipinski definition) is 0. The van der Waals surface area contributed by atoms with Crippen LogP contribution in [0.5, 0.6) is 0 Å². The largest absolute Gasteiger partial charge is 0.344 e. The molecule has 23 heavy (non-hydrogen) atoms. The van der Waals surface area contributed by atoms with E-state index in [0.717, 1.165) is 31.3 Å². The van der Waals surface area contributed by atoms with Gasteiger partial charge in [0.05, 0.1) is 13.2 Å². The van der Waals surface area contributed by atoms with Crippen LogP contribution in [-0.4, -0.2) is 24.8 Å². The van der Waals surface area contributed by atoms with Crippen molar-refractivity contribution in [1.82, 2.24) is 0 Å². The highest BCUT2D eigenvalue weighted by Gasteiger charge is 2.59. The molecule has 1 saturated carbocycles. The summed E-state index contributed by atoms with van der Waals surface area (Å²) in [5, 5.41) is 0. The van der Waals surface area contributed by atoms with Crippen LogP contribution in [-0.2, 0) is 14.3 Å². The zero-order chi connectivity index (χ0) is 16.2. The molecule has 1 heterocycles. The first-order valence-corrected chi connectivity index (χ1v) is 9.19. The molecule has 3 nitrogen and oxygen atoms in total. The summed E-state index contributed by atoms with van der Waals surface area (Å²) >= 11 is 0. The van der Waals surface area contributed by atoms with Crippen molar-refractivity contribution in [2.75, 3.05) is 13.2 Å². The van der Waals surface area contributed by atoms with Crippen molar-refractivity contribution < 1.29 is 14.3 Å². The second kappa shape index (κ2) is 5.29. The molecule has 0 aromatic rings. The van der Waals surface area contributed by atoms with Crippen LogP contribution in [0.25, 0.3) is 0 Å². The molecule has 126 valence electrons. The number of allylic oxidation sites excluding steroid dienone is 3. The minimum atomic E-state index is -0.644. The number of carbonyl (C=O) groups is 1. The molecule has 2 fully saturated rings. The Hall–Kier alpha value is -0.930. The van der Waals surface area contributed by atoms with Crippen molar-refractivity contribution in [3.8, 4) is 0 Å². The lowest BCUT2D eigenvalue weighted by Gasteiger charge is -2.45. The van der Waals surface area contributed by atoms with Crippen LogP contribution in [0.2, 0.25) is 0 Å². The van der Waals surface area contributed by atoms with Gasteiger partial charge < -0.3 is 9.47 Å². The first-order valence-electron chi connectivity index (χ1n) is 9.19. The predicted molar refractivity (Wildman–Crippen MR) is 88.7 cm³/mol. The van der Waals surface area contributed by atoms with Gasteiger partial charge in [0, 0.05) is 17.8 Å². The standard InChI is InChI=1S/C20H28O3/c1-13(2)14-7-9-19(3)17(21)12-16-15(18(14)19)6-4-5-8-20(16)22-10-11-23-20/h4,6,12-15,18H,5,7-11H2,1-3H3/t14-,15+,18+,19-/m1/s1. The lowest BCUT2D eigenvalue weighted by Crippen LogP contribution is -2.47. The summed E-state index contributed by atoms with van der Waals surface area (Å²) in [5.41, 5.74) is 0.890. The Morgan fingerprint density at radius 3 is 2.65 bits per heavy atom. The Morgan fingerprint density at radius 1 is 1.22 bits per heavy atom. The lowest BCUT2D eigenvalue weighted by molar-refractivity contribution is -0.145. The van der Waals surface area contributed by atoms with E-state index in [2.05, 4.69) is 32.9 Å². The summed E-state index contributed by atoms with van der Waals surface area (Å²) in [5.74, 6) is 1.52. The summed E-state index contributed by atoms with van der Waals surface area (Å²) in [6, 6.07) is 0. The molecular formula is C20H28O3. The Bertz CT molecular complexity index is 567. The SMILES string of the molecule is CC(C)[C@H]1CC[C@]2(C)C(=O)C=C3[C@H](C=CCCC34OCCO4)[C@H]12. The van der Waals surface area contributed by atoms with E-state index in [1.165, 1.54) is 0 Å². The normalized spacial score (nSPS) is 41.8. The van der Waals surface area contributed by atoms with Gasteiger partial charge in [0.25, 0.3) is 0 Å². The van der Waals surface area contributed by atoms with Gasteiger partial charge in [0.15, 0.2) is 11.6 Å². The zero-order valence-corrected chi connectivity index (χ0v) is 14.5.